The highest BCUT2D eigenvalue weighted by atomic mass is 15.2. The van der Waals surface area contributed by atoms with E-state index >= 15 is 0 Å². The SMILES string of the molecule is CC(C)(C)c1ccc2c(c1)C1CCCCC1N2c1ccc(-c2ccc(-c3ccc(-n4c5ccccc5c5ccccc54)cc3)cc2)cc1. The Labute approximate surface area is 284 Å². The van der Waals surface area contributed by atoms with Gasteiger partial charge in [-0.05, 0) is 94.1 Å². The number of benzene rings is 6. The van der Waals surface area contributed by atoms with E-state index in [1.807, 2.05) is 0 Å². The zero-order valence-corrected chi connectivity index (χ0v) is 28.2. The lowest BCUT2D eigenvalue weighted by atomic mass is 9.80. The van der Waals surface area contributed by atoms with Gasteiger partial charge in [0, 0.05) is 39.8 Å². The van der Waals surface area contributed by atoms with Gasteiger partial charge in [-0.2, -0.15) is 0 Å². The number of aromatic nitrogens is 1. The first-order valence-electron chi connectivity index (χ1n) is 17.7. The van der Waals surface area contributed by atoms with Crippen LogP contribution in [0.2, 0.25) is 0 Å². The van der Waals surface area contributed by atoms with Crippen LogP contribution in [0, 0.1) is 0 Å². The maximum Gasteiger partial charge on any atom is 0.0541 e. The molecule has 0 saturated heterocycles. The molecule has 6 aromatic carbocycles. The van der Waals surface area contributed by atoms with Crippen molar-refractivity contribution in [1.29, 1.82) is 0 Å². The van der Waals surface area contributed by atoms with E-state index in [2.05, 4.69) is 170 Å². The van der Waals surface area contributed by atoms with Crippen molar-refractivity contribution in [3.63, 3.8) is 0 Å². The van der Waals surface area contributed by atoms with Crippen LogP contribution < -0.4 is 4.90 Å². The number of hydrogen-bond acceptors (Lipinski definition) is 1. The summed E-state index contributed by atoms with van der Waals surface area (Å²) in [5.41, 5.74) is 14.5. The predicted molar refractivity (Wildman–Crippen MR) is 204 cm³/mol. The van der Waals surface area contributed by atoms with Gasteiger partial charge in [-0.3, -0.25) is 0 Å². The van der Waals surface area contributed by atoms with E-state index < -0.39 is 0 Å². The van der Waals surface area contributed by atoms with Gasteiger partial charge in [0.2, 0.25) is 0 Å². The molecule has 0 amide bonds. The third kappa shape index (κ3) is 4.77. The highest BCUT2D eigenvalue weighted by Crippen LogP contribution is 2.52. The molecule has 236 valence electrons. The van der Waals surface area contributed by atoms with Gasteiger partial charge in [0.25, 0.3) is 0 Å². The summed E-state index contributed by atoms with van der Waals surface area (Å²) in [6.45, 7) is 6.98. The predicted octanol–water partition coefficient (Wildman–Crippen LogP) is 12.6. The molecule has 7 aromatic rings. The first-order chi connectivity index (χ1) is 23.4. The van der Waals surface area contributed by atoms with E-state index in [9.17, 15) is 0 Å². The van der Waals surface area contributed by atoms with Crippen molar-refractivity contribution in [2.75, 3.05) is 4.90 Å². The van der Waals surface area contributed by atoms with Crippen LogP contribution in [0.5, 0.6) is 0 Å². The molecule has 0 bridgehead atoms. The van der Waals surface area contributed by atoms with Gasteiger partial charge in [-0.25, -0.2) is 0 Å². The van der Waals surface area contributed by atoms with Gasteiger partial charge < -0.3 is 9.47 Å². The molecule has 0 spiro atoms. The number of nitrogens with zero attached hydrogens (tertiary/aromatic N) is 2. The van der Waals surface area contributed by atoms with Gasteiger partial charge in [-0.1, -0.05) is 131 Å². The summed E-state index contributed by atoms with van der Waals surface area (Å²) < 4.78 is 2.37. The topological polar surface area (TPSA) is 8.17 Å². The largest absolute Gasteiger partial charge is 0.338 e. The monoisotopic (exact) mass is 622 g/mol. The highest BCUT2D eigenvalue weighted by molar-refractivity contribution is 6.09. The van der Waals surface area contributed by atoms with Crippen molar-refractivity contribution in [1.82, 2.24) is 4.57 Å². The van der Waals surface area contributed by atoms with Gasteiger partial charge in [0.1, 0.15) is 0 Å². The average Bonchev–Trinajstić information content (AvgIpc) is 3.64. The van der Waals surface area contributed by atoms with Crippen molar-refractivity contribution in [2.45, 2.75) is 63.8 Å². The van der Waals surface area contributed by atoms with Crippen molar-refractivity contribution >= 4 is 33.2 Å². The Bertz CT molecular complexity index is 2210. The van der Waals surface area contributed by atoms with Crippen LogP contribution in [0.4, 0.5) is 11.4 Å². The summed E-state index contributed by atoms with van der Waals surface area (Å²) in [5.74, 6) is 0.638. The quantitative estimate of drug-likeness (QED) is 0.190. The lowest BCUT2D eigenvalue weighted by Gasteiger charge is -2.33. The standard InChI is InChI=1S/C46H42N2/c1-46(2,3)35-24-29-45-41(30-35)40-12-6-9-15-44(40)48(45)37-27-22-34(23-28-37)32-18-16-31(17-19-32)33-20-25-36(26-21-33)47-42-13-7-4-10-38(42)39-11-5-8-14-43(39)47/h4-5,7-8,10-11,13-14,16-30,40,44H,6,9,12,15H2,1-3H3. The Hall–Kier alpha value is -5.08. The molecule has 2 heteroatoms. The van der Waals surface area contributed by atoms with Crippen LogP contribution >= 0.6 is 0 Å². The molecule has 1 aliphatic carbocycles. The summed E-state index contributed by atoms with van der Waals surface area (Å²) in [6, 6.07) is 52.6. The van der Waals surface area contributed by atoms with E-state index in [1.54, 1.807) is 5.56 Å². The first kappa shape index (κ1) is 29.1. The lowest BCUT2D eigenvalue weighted by Crippen LogP contribution is -2.32. The van der Waals surface area contributed by atoms with Gasteiger partial charge in [0.15, 0.2) is 0 Å². The zero-order chi connectivity index (χ0) is 32.4. The van der Waals surface area contributed by atoms with Crippen LogP contribution in [0.1, 0.15) is 63.5 Å². The maximum absolute atomic E-state index is 2.65. The van der Waals surface area contributed by atoms with E-state index in [4.69, 9.17) is 0 Å². The molecule has 2 atom stereocenters. The number of fused-ring (bicyclic) bond motifs is 6. The number of hydrogen-bond donors (Lipinski definition) is 0. The van der Waals surface area contributed by atoms with Gasteiger partial charge >= 0.3 is 0 Å². The fraction of sp³-hybridized carbons (Fsp3) is 0.217. The van der Waals surface area contributed by atoms with E-state index in [0.717, 1.165) is 0 Å². The zero-order valence-electron chi connectivity index (χ0n) is 28.2. The normalized spacial score (nSPS) is 17.5. The van der Waals surface area contributed by atoms with Crippen LogP contribution in [0.25, 0.3) is 49.7 Å². The number of para-hydroxylation sites is 2. The molecule has 1 aliphatic heterocycles. The fourth-order valence-electron chi connectivity index (χ4n) is 8.50. The maximum atomic E-state index is 2.65. The highest BCUT2D eigenvalue weighted by Gasteiger charge is 2.41. The Balaban J connectivity index is 0.975. The summed E-state index contributed by atoms with van der Waals surface area (Å²) in [6.07, 6.45) is 5.24. The molecule has 1 fully saturated rings. The Kier molecular flexibility index (Phi) is 6.83. The van der Waals surface area contributed by atoms with Crippen molar-refractivity contribution in [2.24, 2.45) is 0 Å². The van der Waals surface area contributed by atoms with E-state index in [1.165, 1.54) is 92.4 Å². The van der Waals surface area contributed by atoms with Crippen molar-refractivity contribution in [3.05, 3.63) is 151 Å². The minimum atomic E-state index is 0.167. The van der Waals surface area contributed by atoms with E-state index in [-0.39, 0.29) is 5.41 Å². The molecule has 1 aromatic heterocycles. The van der Waals surface area contributed by atoms with Gasteiger partial charge in [0.05, 0.1) is 11.0 Å². The molecular formula is C46H42N2. The molecule has 2 aliphatic rings. The van der Waals surface area contributed by atoms with Crippen LogP contribution in [0.3, 0.4) is 0 Å². The third-order valence-electron chi connectivity index (χ3n) is 11.0. The Morgan fingerprint density at radius 3 is 1.58 bits per heavy atom. The molecular weight excluding hydrogens is 581 g/mol. The van der Waals surface area contributed by atoms with E-state index in [0.29, 0.717) is 12.0 Å². The summed E-state index contributed by atoms with van der Waals surface area (Å²) >= 11 is 0. The second kappa shape index (κ2) is 11.3. The molecule has 2 unspecified atom stereocenters. The summed E-state index contributed by atoms with van der Waals surface area (Å²) in [7, 11) is 0. The minimum Gasteiger partial charge on any atom is -0.338 e. The minimum absolute atomic E-state index is 0.167. The van der Waals surface area contributed by atoms with Gasteiger partial charge in [-0.15, -0.1) is 0 Å². The molecule has 0 N–H and O–H groups in total. The smallest absolute Gasteiger partial charge is 0.0541 e. The Morgan fingerprint density at radius 2 is 1.02 bits per heavy atom. The summed E-state index contributed by atoms with van der Waals surface area (Å²) in [4.78, 5) is 2.65. The van der Waals surface area contributed by atoms with Crippen molar-refractivity contribution < 1.29 is 0 Å². The van der Waals surface area contributed by atoms with Crippen LogP contribution in [-0.4, -0.2) is 10.6 Å². The second-order valence-corrected chi connectivity index (χ2v) is 14.9. The molecule has 2 nitrogen and oxygen atoms in total. The van der Waals surface area contributed by atoms with Crippen LogP contribution in [0.15, 0.2) is 140 Å². The molecule has 2 heterocycles. The van der Waals surface area contributed by atoms with Crippen molar-refractivity contribution in [3.8, 4) is 27.9 Å². The molecule has 0 radical (unpaired) electrons. The Morgan fingerprint density at radius 1 is 0.521 bits per heavy atom. The number of anilines is 2. The second-order valence-electron chi connectivity index (χ2n) is 14.9. The third-order valence-corrected chi connectivity index (χ3v) is 11.0. The molecule has 9 rings (SSSR count). The summed E-state index contributed by atoms with van der Waals surface area (Å²) in [5, 5.41) is 2.58. The number of rotatable bonds is 4. The average molecular weight is 623 g/mol. The molecule has 1 saturated carbocycles. The van der Waals surface area contributed by atoms with Crippen LogP contribution in [-0.2, 0) is 5.41 Å². The molecule has 48 heavy (non-hydrogen) atoms. The first-order valence-corrected chi connectivity index (χ1v) is 17.7. The fourth-order valence-corrected chi connectivity index (χ4v) is 8.50. The lowest BCUT2D eigenvalue weighted by molar-refractivity contribution is 0.402.